The molecule has 0 radical (unpaired) electrons. The average molecular weight is 284 g/mol. The third kappa shape index (κ3) is 3.47. The summed E-state index contributed by atoms with van der Waals surface area (Å²) in [5, 5.41) is 3.42. The zero-order chi connectivity index (χ0) is 13.7. The number of hydrazine groups is 1. The first kappa shape index (κ1) is 13.4. The van der Waals surface area contributed by atoms with Crippen LogP contribution in [0, 0.1) is 0 Å². The van der Waals surface area contributed by atoms with E-state index in [4.69, 9.17) is 10.4 Å². The van der Waals surface area contributed by atoms with Crippen LogP contribution in [0.3, 0.4) is 0 Å². The second-order valence-corrected chi connectivity index (χ2v) is 5.27. The number of aromatic nitrogens is 3. The molecule has 0 aliphatic heterocycles. The molecule has 0 aromatic carbocycles. The lowest BCUT2D eigenvalue weighted by molar-refractivity contribution is 0.377. The van der Waals surface area contributed by atoms with Gasteiger partial charge in [0, 0.05) is 19.2 Å². The maximum Gasteiger partial charge on any atom is 0.242 e. The third-order valence-corrected chi connectivity index (χ3v) is 3.68. The lowest BCUT2D eigenvalue weighted by atomic mass is 10.4. The lowest BCUT2D eigenvalue weighted by Crippen LogP contribution is -2.26. The molecule has 10 heteroatoms. The molecule has 0 saturated heterocycles. The van der Waals surface area contributed by atoms with Crippen LogP contribution in [0.1, 0.15) is 5.89 Å². The predicted octanol–water partition coefficient (Wildman–Crippen LogP) is -0.729. The monoisotopic (exact) mass is 284 g/mol. The van der Waals surface area contributed by atoms with Gasteiger partial charge in [0.2, 0.25) is 15.9 Å². The first-order valence-electron chi connectivity index (χ1n) is 5.30. The van der Waals surface area contributed by atoms with E-state index in [1.165, 1.54) is 24.7 Å². The topological polar surface area (TPSA) is 136 Å². The van der Waals surface area contributed by atoms with E-state index in [1.54, 1.807) is 0 Å². The minimum Gasteiger partial charge on any atom is -0.340 e. The number of nitrogen functional groups attached to an aromatic ring is 1. The molecule has 9 nitrogen and oxygen atoms in total. The first-order chi connectivity index (χ1) is 9.12. The summed E-state index contributed by atoms with van der Waals surface area (Å²) in [5.41, 5.74) is 2.31. The Balaban J connectivity index is 1.97. The van der Waals surface area contributed by atoms with Crippen LogP contribution < -0.4 is 16.0 Å². The normalized spacial score (nSPS) is 11.4. The molecule has 4 N–H and O–H groups in total. The number of hydrogen-bond acceptors (Lipinski definition) is 8. The summed E-state index contributed by atoms with van der Waals surface area (Å²) in [6, 6.07) is 2.86. The zero-order valence-electron chi connectivity index (χ0n) is 9.78. The number of nitrogens with one attached hydrogen (secondary N) is 2. The van der Waals surface area contributed by atoms with Gasteiger partial charge in [0.15, 0.2) is 6.33 Å². The maximum absolute atomic E-state index is 11.9. The standard InChI is InChI=1S/C9H12N6O3S/c10-15-8-2-1-7(5-11-8)19(16,17)14-4-3-9-12-6-13-18-9/h1-2,5-6,14H,3-4,10H2,(H,11,15). The van der Waals surface area contributed by atoms with Gasteiger partial charge in [0.05, 0.1) is 0 Å². The molecular formula is C9H12N6O3S. The molecule has 2 heterocycles. The number of nitrogens with two attached hydrogens (primary N) is 1. The summed E-state index contributed by atoms with van der Waals surface area (Å²) in [6.45, 7) is 0.154. The van der Waals surface area contributed by atoms with Crippen molar-refractivity contribution in [2.75, 3.05) is 12.0 Å². The third-order valence-electron chi connectivity index (χ3n) is 2.23. The minimum atomic E-state index is -3.61. The van der Waals surface area contributed by atoms with Crippen LogP contribution in [0.4, 0.5) is 5.82 Å². The number of nitrogens with zero attached hydrogens (tertiary/aromatic N) is 3. The van der Waals surface area contributed by atoms with Crippen LogP contribution in [0.5, 0.6) is 0 Å². The molecule has 0 aliphatic rings. The van der Waals surface area contributed by atoms with Crippen LogP contribution in [0.2, 0.25) is 0 Å². The highest BCUT2D eigenvalue weighted by atomic mass is 32.2. The van der Waals surface area contributed by atoms with Gasteiger partial charge in [-0.05, 0) is 12.1 Å². The Morgan fingerprint density at radius 3 is 2.74 bits per heavy atom. The average Bonchev–Trinajstić information content (AvgIpc) is 2.92. The quantitative estimate of drug-likeness (QED) is 0.466. The van der Waals surface area contributed by atoms with Gasteiger partial charge in [0.25, 0.3) is 0 Å². The Labute approximate surface area is 109 Å². The van der Waals surface area contributed by atoms with Crippen molar-refractivity contribution in [3.63, 3.8) is 0 Å². The molecule has 2 aromatic heterocycles. The fourth-order valence-electron chi connectivity index (χ4n) is 1.31. The molecule has 0 unspecified atom stereocenters. The Bertz CT molecular complexity index is 610. The van der Waals surface area contributed by atoms with Gasteiger partial charge in [-0.3, -0.25) is 0 Å². The van der Waals surface area contributed by atoms with E-state index >= 15 is 0 Å². The molecule has 0 fully saturated rings. The number of sulfonamides is 1. The van der Waals surface area contributed by atoms with Crippen molar-refractivity contribution in [3.05, 3.63) is 30.5 Å². The van der Waals surface area contributed by atoms with Crippen molar-refractivity contribution >= 4 is 15.8 Å². The second-order valence-electron chi connectivity index (χ2n) is 3.51. The minimum absolute atomic E-state index is 0.0528. The van der Waals surface area contributed by atoms with E-state index in [1.807, 2.05) is 0 Å². The predicted molar refractivity (Wildman–Crippen MR) is 65.2 cm³/mol. The summed E-state index contributed by atoms with van der Waals surface area (Å²) >= 11 is 0. The van der Waals surface area contributed by atoms with E-state index in [0.717, 1.165) is 0 Å². The second kappa shape index (κ2) is 5.73. The van der Waals surface area contributed by atoms with Gasteiger partial charge in [-0.25, -0.2) is 24.0 Å². The van der Waals surface area contributed by atoms with Crippen molar-refractivity contribution in [3.8, 4) is 0 Å². The molecule has 0 amide bonds. The van der Waals surface area contributed by atoms with Gasteiger partial charge in [-0.1, -0.05) is 5.16 Å². The number of rotatable bonds is 6. The molecular weight excluding hydrogens is 272 g/mol. The molecule has 0 atom stereocenters. The Kier molecular flexibility index (Phi) is 4.04. The lowest BCUT2D eigenvalue weighted by Gasteiger charge is -2.05. The largest absolute Gasteiger partial charge is 0.340 e. The molecule has 0 spiro atoms. The maximum atomic E-state index is 11.9. The van der Waals surface area contributed by atoms with Gasteiger partial charge >= 0.3 is 0 Å². The highest BCUT2D eigenvalue weighted by Crippen LogP contribution is 2.09. The highest BCUT2D eigenvalue weighted by Gasteiger charge is 2.14. The van der Waals surface area contributed by atoms with Crippen molar-refractivity contribution in [2.45, 2.75) is 11.3 Å². The van der Waals surface area contributed by atoms with Gasteiger partial charge in [-0.2, -0.15) is 4.98 Å². The highest BCUT2D eigenvalue weighted by molar-refractivity contribution is 7.89. The van der Waals surface area contributed by atoms with Gasteiger partial charge in [0.1, 0.15) is 10.7 Å². The molecule has 2 rings (SSSR count). The van der Waals surface area contributed by atoms with Crippen LogP contribution in [0.25, 0.3) is 0 Å². The summed E-state index contributed by atoms with van der Waals surface area (Å²) < 4.78 is 30.9. The van der Waals surface area contributed by atoms with Crippen molar-refractivity contribution in [1.29, 1.82) is 0 Å². The van der Waals surface area contributed by atoms with Crippen molar-refractivity contribution in [2.24, 2.45) is 5.84 Å². The van der Waals surface area contributed by atoms with Crippen LogP contribution >= 0.6 is 0 Å². The number of anilines is 1. The summed E-state index contributed by atoms with van der Waals surface area (Å²) in [7, 11) is -3.61. The van der Waals surface area contributed by atoms with E-state index < -0.39 is 10.0 Å². The van der Waals surface area contributed by atoms with E-state index in [-0.39, 0.29) is 11.4 Å². The van der Waals surface area contributed by atoms with Gasteiger partial charge < -0.3 is 9.95 Å². The fourth-order valence-corrected chi connectivity index (χ4v) is 2.28. The summed E-state index contributed by atoms with van der Waals surface area (Å²) in [6.07, 6.45) is 2.78. The molecule has 0 aliphatic carbocycles. The Hall–Kier alpha value is -2.04. The first-order valence-corrected chi connectivity index (χ1v) is 6.78. The zero-order valence-corrected chi connectivity index (χ0v) is 10.6. The van der Waals surface area contributed by atoms with Crippen LogP contribution in [-0.4, -0.2) is 30.1 Å². The molecule has 0 bridgehead atoms. The molecule has 19 heavy (non-hydrogen) atoms. The van der Waals surface area contributed by atoms with Crippen molar-refractivity contribution in [1.82, 2.24) is 19.8 Å². The smallest absolute Gasteiger partial charge is 0.242 e. The summed E-state index contributed by atoms with van der Waals surface area (Å²) in [5.74, 6) is 5.89. The molecule has 0 saturated carbocycles. The Morgan fingerprint density at radius 2 is 2.16 bits per heavy atom. The van der Waals surface area contributed by atoms with Crippen LogP contribution in [-0.2, 0) is 16.4 Å². The van der Waals surface area contributed by atoms with E-state index in [0.29, 0.717) is 18.1 Å². The SMILES string of the molecule is NNc1ccc(S(=O)(=O)NCCc2ncno2)cn1. The molecule has 102 valence electrons. The fraction of sp³-hybridized carbons (Fsp3) is 0.222. The van der Waals surface area contributed by atoms with Crippen LogP contribution in [0.15, 0.2) is 34.1 Å². The summed E-state index contributed by atoms with van der Waals surface area (Å²) in [4.78, 5) is 7.66. The van der Waals surface area contributed by atoms with E-state index in [9.17, 15) is 8.42 Å². The van der Waals surface area contributed by atoms with Gasteiger partial charge in [-0.15, -0.1) is 0 Å². The Morgan fingerprint density at radius 1 is 1.32 bits per heavy atom. The van der Waals surface area contributed by atoms with E-state index in [2.05, 4.69) is 25.3 Å². The number of hydrogen-bond donors (Lipinski definition) is 3. The number of pyridine rings is 1. The van der Waals surface area contributed by atoms with Crippen molar-refractivity contribution < 1.29 is 12.9 Å². The molecule has 2 aromatic rings.